The van der Waals surface area contributed by atoms with Gasteiger partial charge in [0.1, 0.15) is 18.6 Å². The highest BCUT2D eigenvalue weighted by Crippen LogP contribution is 2.19. The minimum Gasteiger partial charge on any atom is -0.492 e. The van der Waals surface area contributed by atoms with Crippen LogP contribution in [0.25, 0.3) is 11.5 Å². The lowest BCUT2D eigenvalue weighted by molar-refractivity contribution is 0.0322. The molecule has 9 heteroatoms. The molecule has 4 rings (SSSR count). The van der Waals surface area contributed by atoms with E-state index in [1.54, 1.807) is 13.3 Å². The first kappa shape index (κ1) is 26.0. The van der Waals surface area contributed by atoms with Crippen LogP contribution in [0.3, 0.4) is 0 Å². The van der Waals surface area contributed by atoms with Crippen LogP contribution in [-0.2, 0) is 17.8 Å². The molecule has 1 aliphatic heterocycles. The molecule has 34 heavy (non-hydrogen) atoms. The van der Waals surface area contributed by atoms with E-state index in [4.69, 9.17) is 13.9 Å². The SMILES string of the molecule is CN=C(NCc1coc(-c2ccccc2)n1)NCc1ccccc1OCCN1CCOCC1.I. The molecule has 0 radical (unpaired) electrons. The minimum absolute atomic E-state index is 0. The fourth-order valence-corrected chi connectivity index (χ4v) is 3.58. The molecule has 0 bridgehead atoms. The lowest BCUT2D eigenvalue weighted by Crippen LogP contribution is -2.38. The highest BCUT2D eigenvalue weighted by Gasteiger charge is 2.11. The molecule has 3 aromatic rings. The van der Waals surface area contributed by atoms with Gasteiger partial charge < -0.3 is 24.5 Å². The Bertz CT molecular complexity index is 1020. The number of hydrogen-bond acceptors (Lipinski definition) is 6. The first-order chi connectivity index (χ1) is 16.3. The van der Waals surface area contributed by atoms with Crippen LogP contribution in [-0.4, -0.2) is 62.3 Å². The fraction of sp³-hybridized carbons (Fsp3) is 0.360. The number of aliphatic imine (C=N–C) groups is 1. The van der Waals surface area contributed by atoms with Gasteiger partial charge in [0.15, 0.2) is 5.96 Å². The van der Waals surface area contributed by atoms with Crippen molar-refractivity contribution in [2.24, 2.45) is 4.99 Å². The van der Waals surface area contributed by atoms with Gasteiger partial charge in [-0.3, -0.25) is 9.89 Å². The van der Waals surface area contributed by atoms with Crippen molar-refractivity contribution in [2.75, 3.05) is 46.5 Å². The summed E-state index contributed by atoms with van der Waals surface area (Å²) in [6, 6.07) is 17.9. The monoisotopic (exact) mass is 577 g/mol. The van der Waals surface area contributed by atoms with E-state index in [-0.39, 0.29) is 24.0 Å². The molecule has 2 N–H and O–H groups in total. The third kappa shape index (κ3) is 7.71. The lowest BCUT2D eigenvalue weighted by atomic mass is 10.2. The summed E-state index contributed by atoms with van der Waals surface area (Å²) in [5, 5.41) is 6.63. The van der Waals surface area contributed by atoms with Crippen molar-refractivity contribution in [2.45, 2.75) is 13.1 Å². The van der Waals surface area contributed by atoms with E-state index in [0.29, 0.717) is 31.5 Å². The zero-order chi connectivity index (χ0) is 22.7. The van der Waals surface area contributed by atoms with Crippen molar-refractivity contribution >= 4 is 29.9 Å². The first-order valence-corrected chi connectivity index (χ1v) is 11.3. The number of nitrogens with one attached hydrogen (secondary N) is 2. The maximum atomic E-state index is 6.07. The summed E-state index contributed by atoms with van der Waals surface area (Å²) in [6.07, 6.45) is 1.67. The van der Waals surface area contributed by atoms with E-state index < -0.39 is 0 Å². The standard InChI is InChI=1S/C25H31N5O3.HI/c1-26-25(28-18-22-19-33-24(29-22)20-7-3-2-4-8-20)27-17-21-9-5-6-10-23(21)32-16-13-30-11-14-31-15-12-30;/h2-10,19H,11-18H2,1H3,(H2,26,27,28);1H. The minimum atomic E-state index is 0. The number of halogens is 1. The number of guanidine groups is 1. The largest absolute Gasteiger partial charge is 0.492 e. The summed E-state index contributed by atoms with van der Waals surface area (Å²) in [5.41, 5.74) is 2.84. The molecule has 0 saturated carbocycles. The summed E-state index contributed by atoms with van der Waals surface area (Å²) in [7, 11) is 1.75. The highest BCUT2D eigenvalue weighted by molar-refractivity contribution is 14.0. The number of hydrogen-bond donors (Lipinski definition) is 2. The number of para-hydroxylation sites is 1. The van der Waals surface area contributed by atoms with Gasteiger partial charge in [-0.05, 0) is 18.2 Å². The van der Waals surface area contributed by atoms with Gasteiger partial charge in [0, 0.05) is 44.4 Å². The Kier molecular flexibility index (Phi) is 10.6. The molecule has 1 saturated heterocycles. The lowest BCUT2D eigenvalue weighted by Gasteiger charge is -2.26. The molecule has 2 aromatic carbocycles. The number of rotatable bonds is 9. The highest BCUT2D eigenvalue weighted by atomic mass is 127. The molecule has 0 unspecified atom stereocenters. The predicted octanol–water partition coefficient (Wildman–Crippen LogP) is 3.54. The van der Waals surface area contributed by atoms with Crippen molar-refractivity contribution < 1.29 is 13.9 Å². The van der Waals surface area contributed by atoms with Gasteiger partial charge in [-0.2, -0.15) is 0 Å². The Hall–Kier alpha value is -2.63. The predicted molar refractivity (Wildman–Crippen MR) is 144 cm³/mol. The molecule has 1 fully saturated rings. The first-order valence-electron chi connectivity index (χ1n) is 11.3. The maximum absolute atomic E-state index is 6.07. The van der Waals surface area contributed by atoms with Gasteiger partial charge >= 0.3 is 0 Å². The quantitative estimate of drug-likeness (QED) is 0.229. The molecule has 1 aliphatic rings. The number of oxazole rings is 1. The summed E-state index contributed by atoms with van der Waals surface area (Å²) in [5.74, 6) is 2.18. The van der Waals surface area contributed by atoms with Crippen LogP contribution in [0.4, 0.5) is 0 Å². The van der Waals surface area contributed by atoms with Gasteiger partial charge in [0.05, 0.1) is 25.5 Å². The molecular formula is C25H32IN5O3. The van der Waals surface area contributed by atoms with Crippen LogP contribution in [0.15, 0.2) is 70.3 Å². The number of morpholine rings is 1. The van der Waals surface area contributed by atoms with Gasteiger partial charge in [0.25, 0.3) is 0 Å². The van der Waals surface area contributed by atoms with E-state index in [9.17, 15) is 0 Å². The molecule has 0 aliphatic carbocycles. The summed E-state index contributed by atoms with van der Waals surface area (Å²) < 4.78 is 17.1. The van der Waals surface area contributed by atoms with Crippen LogP contribution in [0.5, 0.6) is 5.75 Å². The summed E-state index contributed by atoms with van der Waals surface area (Å²) >= 11 is 0. The van der Waals surface area contributed by atoms with E-state index in [1.165, 1.54) is 0 Å². The topological polar surface area (TPSA) is 84.2 Å². The average molecular weight is 577 g/mol. The molecule has 2 heterocycles. The van der Waals surface area contributed by atoms with Crippen LogP contribution < -0.4 is 15.4 Å². The van der Waals surface area contributed by atoms with E-state index in [0.717, 1.165) is 55.4 Å². The second kappa shape index (κ2) is 13.9. The fourth-order valence-electron chi connectivity index (χ4n) is 3.58. The van der Waals surface area contributed by atoms with Crippen molar-refractivity contribution in [3.8, 4) is 17.2 Å². The zero-order valence-corrected chi connectivity index (χ0v) is 21.7. The second-order valence-corrected chi connectivity index (χ2v) is 7.70. The maximum Gasteiger partial charge on any atom is 0.226 e. The van der Waals surface area contributed by atoms with Gasteiger partial charge in [0.2, 0.25) is 5.89 Å². The second-order valence-electron chi connectivity index (χ2n) is 7.70. The zero-order valence-electron chi connectivity index (χ0n) is 19.4. The Balaban J connectivity index is 0.00000324. The van der Waals surface area contributed by atoms with Crippen LogP contribution in [0, 0.1) is 0 Å². The molecular weight excluding hydrogens is 545 g/mol. The van der Waals surface area contributed by atoms with Gasteiger partial charge in [-0.25, -0.2) is 4.98 Å². The molecule has 0 spiro atoms. The Morgan fingerprint density at radius 1 is 1.03 bits per heavy atom. The van der Waals surface area contributed by atoms with Crippen molar-refractivity contribution in [1.29, 1.82) is 0 Å². The van der Waals surface area contributed by atoms with Crippen molar-refractivity contribution in [3.63, 3.8) is 0 Å². The third-order valence-electron chi connectivity index (χ3n) is 5.42. The number of ether oxygens (including phenoxy) is 2. The smallest absolute Gasteiger partial charge is 0.226 e. The van der Waals surface area contributed by atoms with Crippen molar-refractivity contribution in [3.05, 3.63) is 72.1 Å². The normalized spacial score (nSPS) is 14.3. The van der Waals surface area contributed by atoms with Crippen LogP contribution in [0.1, 0.15) is 11.3 Å². The molecule has 0 amide bonds. The Morgan fingerprint density at radius 3 is 2.56 bits per heavy atom. The van der Waals surface area contributed by atoms with E-state index in [2.05, 4.69) is 31.6 Å². The van der Waals surface area contributed by atoms with E-state index >= 15 is 0 Å². The molecule has 1 aromatic heterocycles. The van der Waals surface area contributed by atoms with Gasteiger partial charge in [-0.1, -0.05) is 36.4 Å². The molecule has 0 atom stereocenters. The van der Waals surface area contributed by atoms with Crippen LogP contribution in [0.2, 0.25) is 0 Å². The molecule has 182 valence electrons. The Labute approximate surface area is 217 Å². The van der Waals surface area contributed by atoms with Crippen molar-refractivity contribution in [1.82, 2.24) is 20.5 Å². The average Bonchev–Trinajstić information content (AvgIpc) is 3.35. The third-order valence-corrected chi connectivity index (χ3v) is 5.42. The summed E-state index contributed by atoms with van der Waals surface area (Å²) in [4.78, 5) is 11.2. The Morgan fingerprint density at radius 2 is 1.76 bits per heavy atom. The summed E-state index contributed by atoms with van der Waals surface area (Å²) in [6.45, 7) is 6.19. The number of aromatic nitrogens is 1. The number of nitrogens with zero attached hydrogens (tertiary/aromatic N) is 3. The van der Waals surface area contributed by atoms with Gasteiger partial charge in [-0.15, -0.1) is 24.0 Å². The van der Waals surface area contributed by atoms with Crippen LogP contribution >= 0.6 is 24.0 Å². The molecule has 8 nitrogen and oxygen atoms in total. The van der Waals surface area contributed by atoms with E-state index in [1.807, 2.05) is 48.5 Å². The number of benzene rings is 2.